The highest BCUT2D eigenvalue weighted by Crippen LogP contribution is 2.41. The number of ketones is 1. The Morgan fingerprint density at radius 1 is 1.17 bits per heavy atom. The van der Waals surface area contributed by atoms with Crippen molar-refractivity contribution >= 4 is 17.5 Å². The Morgan fingerprint density at radius 2 is 2.06 bits per heavy atom. The number of thioether (sulfide) groups is 1. The molecule has 1 aromatic carbocycles. The smallest absolute Gasteiger partial charge is 0.133 e. The topological polar surface area (TPSA) is 17.1 Å². The van der Waals surface area contributed by atoms with Gasteiger partial charge in [-0.1, -0.05) is 24.6 Å². The van der Waals surface area contributed by atoms with Gasteiger partial charge in [0.05, 0.1) is 0 Å². The van der Waals surface area contributed by atoms with E-state index in [1.54, 1.807) is 0 Å². The van der Waals surface area contributed by atoms with E-state index in [4.69, 9.17) is 0 Å². The fourth-order valence-electron chi connectivity index (χ4n) is 3.24. The number of rotatable bonds is 2. The Hall–Kier alpha value is -0.760. The second-order valence-corrected chi connectivity index (χ2v) is 6.98. The maximum Gasteiger partial charge on any atom is 0.133 e. The Labute approximate surface area is 113 Å². The molecule has 1 aliphatic heterocycles. The first-order valence-corrected chi connectivity index (χ1v) is 7.95. The standard InChI is InChI=1S/C16H20OS/c17-14-7-3-1-5-12(9-14)10-15-11-13-6-2-4-8-16(13)18-15/h2,4,6,8,12,15H,1,3,5,7,9-11H2. The summed E-state index contributed by atoms with van der Waals surface area (Å²) >= 11 is 2.03. The lowest BCUT2D eigenvalue weighted by atomic mass is 9.92. The maximum absolute atomic E-state index is 11.7. The van der Waals surface area contributed by atoms with Gasteiger partial charge in [-0.05, 0) is 43.2 Å². The highest BCUT2D eigenvalue weighted by molar-refractivity contribution is 8.00. The molecule has 0 N–H and O–H groups in total. The number of hydrogen-bond acceptors (Lipinski definition) is 2. The van der Waals surface area contributed by atoms with Crippen LogP contribution in [0.5, 0.6) is 0 Å². The van der Waals surface area contributed by atoms with E-state index in [0.717, 1.165) is 19.3 Å². The lowest BCUT2D eigenvalue weighted by Gasteiger charge is -2.17. The molecule has 3 rings (SSSR count). The molecule has 1 saturated carbocycles. The molecule has 2 aliphatic rings. The molecule has 0 spiro atoms. The molecule has 2 heteroatoms. The van der Waals surface area contributed by atoms with Crippen LogP contribution in [0.2, 0.25) is 0 Å². The molecule has 18 heavy (non-hydrogen) atoms. The quantitative estimate of drug-likeness (QED) is 0.740. The van der Waals surface area contributed by atoms with Crippen LogP contribution in [0.15, 0.2) is 29.2 Å². The molecule has 0 aromatic heterocycles. The van der Waals surface area contributed by atoms with Gasteiger partial charge in [-0.3, -0.25) is 4.79 Å². The van der Waals surface area contributed by atoms with Crippen molar-refractivity contribution in [2.75, 3.05) is 0 Å². The van der Waals surface area contributed by atoms with E-state index >= 15 is 0 Å². The number of carbonyl (C=O) groups is 1. The SMILES string of the molecule is O=C1CCCCC(CC2Cc3ccccc3S2)C1. The van der Waals surface area contributed by atoms with Crippen LogP contribution in [0, 0.1) is 5.92 Å². The normalized spacial score (nSPS) is 27.9. The molecule has 1 aromatic rings. The molecule has 1 heterocycles. The van der Waals surface area contributed by atoms with Gasteiger partial charge < -0.3 is 0 Å². The Balaban J connectivity index is 1.60. The molecule has 0 saturated heterocycles. The van der Waals surface area contributed by atoms with Crippen LogP contribution < -0.4 is 0 Å². The summed E-state index contributed by atoms with van der Waals surface area (Å²) in [6.07, 6.45) is 7.73. The molecule has 96 valence electrons. The van der Waals surface area contributed by atoms with Crippen molar-refractivity contribution in [3.8, 4) is 0 Å². The minimum absolute atomic E-state index is 0.498. The van der Waals surface area contributed by atoms with Crippen LogP contribution in [0.1, 0.15) is 44.1 Å². The number of carbonyl (C=O) groups excluding carboxylic acids is 1. The van der Waals surface area contributed by atoms with Crippen LogP contribution in [-0.4, -0.2) is 11.0 Å². The zero-order valence-electron chi connectivity index (χ0n) is 10.7. The Kier molecular flexibility index (Phi) is 3.74. The molecule has 1 aliphatic carbocycles. The summed E-state index contributed by atoms with van der Waals surface area (Å²) in [6.45, 7) is 0. The maximum atomic E-state index is 11.7. The average Bonchev–Trinajstić information content (AvgIpc) is 2.65. The van der Waals surface area contributed by atoms with Crippen LogP contribution in [-0.2, 0) is 11.2 Å². The predicted molar refractivity (Wildman–Crippen MR) is 76.0 cm³/mol. The van der Waals surface area contributed by atoms with Gasteiger partial charge >= 0.3 is 0 Å². The Morgan fingerprint density at radius 3 is 2.94 bits per heavy atom. The monoisotopic (exact) mass is 260 g/mol. The van der Waals surface area contributed by atoms with Gasteiger partial charge in [0, 0.05) is 23.0 Å². The van der Waals surface area contributed by atoms with E-state index in [9.17, 15) is 4.79 Å². The van der Waals surface area contributed by atoms with E-state index in [0.29, 0.717) is 17.0 Å². The van der Waals surface area contributed by atoms with Crippen LogP contribution in [0.25, 0.3) is 0 Å². The minimum atomic E-state index is 0.498. The van der Waals surface area contributed by atoms with Gasteiger partial charge in [0.1, 0.15) is 5.78 Å². The minimum Gasteiger partial charge on any atom is -0.300 e. The first-order valence-electron chi connectivity index (χ1n) is 7.07. The van der Waals surface area contributed by atoms with Crippen molar-refractivity contribution in [3.63, 3.8) is 0 Å². The summed E-state index contributed by atoms with van der Waals surface area (Å²) < 4.78 is 0. The number of hydrogen-bond donors (Lipinski definition) is 0. The van der Waals surface area contributed by atoms with Crippen molar-refractivity contribution < 1.29 is 4.79 Å². The van der Waals surface area contributed by atoms with Crippen LogP contribution >= 0.6 is 11.8 Å². The zero-order chi connectivity index (χ0) is 12.4. The van der Waals surface area contributed by atoms with Crippen molar-refractivity contribution in [1.29, 1.82) is 0 Å². The summed E-state index contributed by atoms with van der Waals surface area (Å²) in [5, 5.41) is 0.707. The predicted octanol–water partition coefficient (Wildman–Crippen LogP) is 4.24. The van der Waals surface area contributed by atoms with E-state index in [1.807, 2.05) is 11.8 Å². The van der Waals surface area contributed by atoms with Gasteiger partial charge in [-0.25, -0.2) is 0 Å². The number of Topliss-reactive ketones (excluding diaryl/α,β-unsaturated/α-hetero) is 1. The van der Waals surface area contributed by atoms with E-state index < -0.39 is 0 Å². The molecule has 0 radical (unpaired) electrons. The van der Waals surface area contributed by atoms with Crippen molar-refractivity contribution in [2.45, 2.75) is 55.1 Å². The third-order valence-corrected chi connectivity index (χ3v) is 5.49. The fraction of sp³-hybridized carbons (Fsp3) is 0.562. The molecule has 0 bridgehead atoms. The highest BCUT2D eigenvalue weighted by atomic mass is 32.2. The van der Waals surface area contributed by atoms with Gasteiger partial charge in [-0.2, -0.15) is 0 Å². The molecule has 2 atom stereocenters. The third kappa shape index (κ3) is 2.80. The lowest BCUT2D eigenvalue weighted by Crippen LogP contribution is -2.12. The second-order valence-electron chi connectivity index (χ2n) is 5.64. The van der Waals surface area contributed by atoms with Crippen molar-refractivity contribution in [3.05, 3.63) is 29.8 Å². The summed E-state index contributed by atoms with van der Waals surface area (Å²) in [7, 11) is 0. The van der Waals surface area contributed by atoms with Gasteiger partial charge in [-0.15, -0.1) is 11.8 Å². The lowest BCUT2D eigenvalue weighted by molar-refractivity contribution is -0.119. The number of benzene rings is 1. The largest absolute Gasteiger partial charge is 0.300 e. The molecule has 0 amide bonds. The molecular formula is C16H20OS. The molecule has 2 unspecified atom stereocenters. The molecule has 1 fully saturated rings. The third-order valence-electron chi connectivity index (χ3n) is 4.14. The van der Waals surface area contributed by atoms with Gasteiger partial charge in [0.2, 0.25) is 0 Å². The van der Waals surface area contributed by atoms with E-state index in [-0.39, 0.29) is 0 Å². The van der Waals surface area contributed by atoms with Crippen molar-refractivity contribution in [1.82, 2.24) is 0 Å². The zero-order valence-corrected chi connectivity index (χ0v) is 11.5. The van der Waals surface area contributed by atoms with E-state index in [1.165, 1.54) is 36.1 Å². The van der Waals surface area contributed by atoms with E-state index in [2.05, 4.69) is 24.3 Å². The summed E-state index contributed by atoms with van der Waals surface area (Å²) in [5.41, 5.74) is 1.51. The van der Waals surface area contributed by atoms with Crippen LogP contribution in [0.4, 0.5) is 0 Å². The molecule has 1 nitrogen and oxygen atoms in total. The summed E-state index contributed by atoms with van der Waals surface area (Å²) in [4.78, 5) is 13.1. The summed E-state index contributed by atoms with van der Waals surface area (Å²) in [6, 6.07) is 8.75. The van der Waals surface area contributed by atoms with Crippen molar-refractivity contribution in [2.24, 2.45) is 5.92 Å². The van der Waals surface area contributed by atoms with Gasteiger partial charge in [0.15, 0.2) is 0 Å². The summed E-state index contributed by atoms with van der Waals surface area (Å²) in [5.74, 6) is 1.14. The average molecular weight is 260 g/mol. The first kappa shape index (κ1) is 12.3. The van der Waals surface area contributed by atoms with Crippen LogP contribution in [0.3, 0.4) is 0 Å². The Bertz CT molecular complexity index is 415. The fourth-order valence-corrected chi connectivity index (χ4v) is 4.69. The van der Waals surface area contributed by atoms with Gasteiger partial charge in [0.25, 0.3) is 0 Å². The highest BCUT2D eigenvalue weighted by Gasteiger charge is 2.26. The first-order chi connectivity index (χ1) is 8.81. The number of fused-ring (bicyclic) bond motifs is 1. The second kappa shape index (κ2) is 5.48. The molecular weight excluding hydrogens is 240 g/mol.